The zero-order valence-electron chi connectivity index (χ0n) is 15.3. The van der Waals surface area contributed by atoms with E-state index in [-0.39, 0.29) is 12.3 Å². The van der Waals surface area contributed by atoms with Crippen LogP contribution in [0.4, 0.5) is 0 Å². The highest BCUT2D eigenvalue weighted by Gasteiger charge is 2.31. The highest BCUT2D eigenvalue weighted by atomic mass is 16.2. The van der Waals surface area contributed by atoms with E-state index in [1.807, 2.05) is 59.1 Å². The van der Waals surface area contributed by atoms with Gasteiger partial charge >= 0.3 is 0 Å². The molecule has 1 unspecified atom stereocenters. The highest BCUT2D eigenvalue weighted by Crippen LogP contribution is 2.16. The zero-order valence-corrected chi connectivity index (χ0v) is 15.3. The molecular formula is C18H29N3O3. The van der Waals surface area contributed by atoms with Crippen molar-refractivity contribution in [1.29, 1.82) is 0 Å². The first-order chi connectivity index (χ1) is 11.5. The van der Waals surface area contributed by atoms with Crippen molar-refractivity contribution < 1.29 is 14.4 Å². The summed E-state index contributed by atoms with van der Waals surface area (Å²) in [5.74, 6) is -0.667. The summed E-state index contributed by atoms with van der Waals surface area (Å²) in [7, 11) is 3.75. The third-order valence-electron chi connectivity index (χ3n) is 3.36. The monoisotopic (exact) mass is 335 g/mol. The first kappa shape index (κ1) is 21.8. The summed E-state index contributed by atoms with van der Waals surface area (Å²) in [4.78, 5) is 35.5. The number of carbonyl (C=O) groups is 3. The lowest BCUT2D eigenvalue weighted by Crippen LogP contribution is -2.51. The molecule has 0 radical (unpaired) electrons. The van der Waals surface area contributed by atoms with Gasteiger partial charge in [0.05, 0.1) is 0 Å². The number of aryl methyl sites for hydroxylation is 1. The minimum atomic E-state index is -0.560. The molecule has 6 nitrogen and oxygen atoms in total. The van der Waals surface area contributed by atoms with Gasteiger partial charge in [0.1, 0.15) is 6.04 Å². The SMILES string of the molecule is CC.CNC.Cc1ccccc1CN(C=O)C1CCC(=O)NC1=O. The minimum Gasteiger partial charge on any atom is -0.329 e. The molecule has 0 saturated carbocycles. The van der Waals surface area contributed by atoms with Crippen LogP contribution in [-0.4, -0.2) is 43.3 Å². The Hall–Kier alpha value is -2.21. The predicted molar refractivity (Wildman–Crippen MR) is 95.3 cm³/mol. The molecule has 0 bridgehead atoms. The Balaban J connectivity index is 0.000000952. The fourth-order valence-corrected chi connectivity index (χ4v) is 2.20. The summed E-state index contributed by atoms with van der Waals surface area (Å²) in [6.07, 6.45) is 1.33. The second kappa shape index (κ2) is 12.2. The molecule has 2 N–H and O–H groups in total. The Morgan fingerprint density at radius 3 is 2.33 bits per heavy atom. The molecule has 1 atom stereocenters. The maximum absolute atomic E-state index is 11.7. The lowest BCUT2D eigenvalue weighted by molar-refractivity contribution is -0.141. The molecule has 0 aliphatic carbocycles. The van der Waals surface area contributed by atoms with Gasteiger partial charge in [-0.05, 0) is 38.6 Å². The van der Waals surface area contributed by atoms with Crippen LogP contribution in [-0.2, 0) is 20.9 Å². The maximum atomic E-state index is 11.7. The number of rotatable bonds is 4. The van der Waals surface area contributed by atoms with Crippen molar-refractivity contribution >= 4 is 18.2 Å². The molecule has 134 valence electrons. The van der Waals surface area contributed by atoms with E-state index >= 15 is 0 Å². The van der Waals surface area contributed by atoms with E-state index in [0.717, 1.165) is 11.1 Å². The van der Waals surface area contributed by atoms with Crippen LogP contribution in [0.1, 0.15) is 37.8 Å². The molecular weight excluding hydrogens is 306 g/mol. The van der Waals surface area contributed by atoms with Gasteiger partial charge in [-0.15, -0.1) is 0 Å². The van der Waals surface area contributed by atoms with E-state index < -0.39 is 11.9 Å². The van der Waals surface area contributed by atoms with Crippen molar-refractivity contribution in [3.63, 3.8) is 0 Å². The van der Waals surface area contributed by atoms with Gasteiger partial charge < -0.3 is 10.2 Å². The Morgan fingerprint density at radius 1 is 1.25 bits per heavy atom. The third-order valence-corrected chi connectivity index (χ3v) is 3.36. The van der Waals surface area contributed by atoms with Crippen molar-refractivity contribution in [2.45, 2.75) is 46.2 Å². The summed E-state index contributed by atoms with van der Waals surface area (Å²) < 4.78 is 0. The standard InChI is InChI=1S/C14H16N2O3.C2H7N.C2H6/c1-10-4-2-3-5-11(10)8-16(9-17)12-6-7-13(18)15-14(12)19;1-3-2;1-2/h2-5,9,12H,6-8H2,1H3,(H,15,18,19);3H,1-2H3;1-2H3. The molecule has 1 aromatic rings. The predicted octanol–water partition coefficient (Wildman–Crippen LogP) is 1.62. The van der Waals surface area contributed by atoms with Crippen molar-refractivity contribution in [3.8, 4) is 0 Å². The number of carbonyl (C=O) groups excluding carboxylic acids is 3. The number of amides is 3. The molecule has 2 rings (SSSR count). The molecule has 1 saturated heterocycles. The Bertz CT molecular complexity index is 532. The lowest BCUT2D eigenvalue weighted by Gasteiger charge is -2.30. The van der Waals surface area contributed by atoms with Gasteiger partial charge in [-0.25, -0.2) is 0 Å². The van der Waals surface area contributed by atoms with E-state index in [1.165, 1.54) is 4.90 Å². The van der Waals surface area contributed by atoms with Gasteiger partial charge in [0.15, 0.2) is 0 Å². The van der Waals surface area contributed by atoms with Crippen LogP contribution in [0, 0.1) is 6.92 Å². The minimum absolute atomic E-state index is 0.272. The van der Waals surface area contributed by atoms with Crippen molar-refractivity contribution in [1.82, 2.24) is 15.5 Å². The summed E-state index contributed by atoms with van der Waals surface area (Å²) in [5, 5.41) is 5.02. The summed E-state index contributed by atoms with van der Waals surface area (Å²) >= 11 is 0. The molecule has 24 heavy (non-hydrogen) atoms. The first-order valence-electron chi connectivity index (χ1n) is 8.21. The zero-order chi connectivity index (χ0) is 18.5. The number of piperidine rings is 1. The molecule has 1 aliphatic heterocycles. The fraction of sp³-hybridized carbons (Fsp3) is 0.500. The van der Waals surface area contributed by atoms with Crippen molar-refractivity contribution in [2.24, 2.45) is 0 Å². The van der Waals surface area contributed by atoms with Crippen LogP contribution < -0.4 is 10.6 Å². The largest absolute Gasteiger partial charge is 0.329 e. The molecule has 6 heteroatoms. The van der Waals surface area contributed by atoms with E-state index in [1.54, 1.807) is 0 Å². The molecule has 3 amide bonds. The topological polar surface area (TPSA) is 78.5 Å². The van der Waals surface area contributed by atoms with Gasteiger partial charge in [0.25, 0.3) is 0 Å². The van der Waals surface area contributed by atoms with E-state index in [2.05, 4.69) is 10.6 Å². The fourth-order valence-electron chi connectivity index (χ4n) is 2.20. The normalized spacial score (nSPS) is 16.0. The van der Waals surface area contributed by atoms with Crippen LogP contribution in [0.2, 0.25) is 0 Å². The molecule has 0 spiro atoms. The Labute approximate surface area is 144 Å². The molecule has 1 aromatic carbocycles. The number of nitrogens with zero attached hydrogens (tertiary/aromatic N) is 1. The van der Waals surface area contributed by atoms with E-state index in [9.17, 15) is 14.4 Å². The van der Waals surface area contributed by atoms with Gasteiger partial charge in [-0.2, -0.15) is 0 Å². The van der Waals surface area contributed by atoms with Gasteiger partial charge in [0.2, 0.25) is 18.2 Å². The van der Waals surface area contributed by atoms with Crippen molar-refractivity contribution in [3.05, 3.63) is 35.4 Å². The van der Waals surface area contributed by atoms with Crippen LogP contribution >= 0.6 is 0 Å². The smallest absolute Gasteiger partial charge is 0.249 e. The first-order valence-corrected chi connectivity index (χ1v) is 8.21. The number of nitrogens with one attached hydrogen (secondary N) is 2. The second-order valence-corrected chi connectivity index (χ2v) is 5.17. The summed E-state index contributed by atoms with van der Waals surface area (Å²) in [6.45, 7) is 6.34. The Kier molecular flexibility index (Phi) is 11.1. The Morgan fingerprint density at radius 2 is 1.83 bits per heavy atom. The number of hydrogen-bond donors (Lipinski definition) is 2. The van der Waals surface area contributed by atoms with Crippen LogP contribution in [0.25, 0.3) is 0 Å². The average molecular weight is 335 g/mol. The maximum Gasteiger partial charge on any atom is 0.249 e. The second-order valence-electron chi connectivity index (χ2n) is 5.17. The number of imide groups is 1. The van der Waals surface area contributed by atoms with Crippen LogP contribution in [0.3, 0.4) is 0 Å². The van der Waals surface area contributed by atoms with Crippen LogP contribution in [0.15, 0.2) is 24.3 Å². The molecule has 1 aliphatic rings. The number of benzene rings is 1. The third kappa shape index (κ3) is 6.91. The van der Waals surface area contributed by atoms with Crippen LogP contribution in [0.5, 0.6) is 0 Å². The quantitative estimate of drug-likeness (QED) is 0.647. The summed E-state index contributed by atoms with van der Waals surface area (Å²) in [5.41, 5.74) is 2.07. The molecule has 1 heterocycles. The molecule has 0 aromatic heterocycles. The number of hydrogen-bond acceptors (Lipinski definition) is 4. The highest BCUT2D eigenvalue weighted by molar-refractivity contribution is 6.00. The van der Waals surface area contributed by atoms with Gasteiger partial charge in [-0.3, -0.25) is 19.7 Å². The molecule has 1 fully saturated rings. The van der Waals surface area contributed by atoms with Gasteiger partial charge in [-0.1, -0.05) is 38.1 Å². The average Bonchev–Trinajstić information content (AvgIpc) is 2.57. The van der Waals surface area contributed by atoms with Crippen molar-refractivity contribution in [2.75, 3.05) is 14.1 Å². The van der Waals surface area contributed by atoms with Gasteiger partial charge in [0, 0.05) is 13.0 Å². The summed E-state index contributed by atoms with van der Waals surface area (Å²) in [6, 6.07) is 7.15. The van der Waals surface area contributed by atoms with E-state index in [4.69, 9.17) is 0 Å². The lowest BCUT2D eigenvalue weighted by atomic mass is 10.0. The van der Waals surface area contributed by atoms with E-state index in [0.29, 0.717) is 19.4 Å².